The summed E-state index contributed by atoms with van der Waals surface area (Å²) in [5.41, 5.74) is 2.14. The molecule has 2 nitrogen and oxygen atoms in total. The average molecular weight is 284 g/mol. The van der Waals surface area contributed by atoms with E-state index in [2.05, 4.69) is 73.5 Å². The van der Waals surface area contributed by atoms with Gasteiger partial charge < -0.3 is 5.32 Å². The van der Waals surface area contributed by atoms with E-state index in [1.165, 1.54) is 10.8 Å². The van der Waals surface area contributed by atoms with Crippen LogP contribution in [0.5, 0.6) is 0 Å². The lowest BCUT2D eigenvalue weighted by Gasteiger charge is -2.21. The maximum absolute atomic E-state index is 4.19. The largest absolute Gasteiger partial charge is 0.358 e. The van der Waals surface area contributed by atoms with Gasteiger partial charge in [-0.25, -0.2) is 0 Å². The fourth-order valence-electron chi connectivity index (χ4n) is 2.52. The second kappa shape index (κ2) is 5.15. The minimum atomic E-state index is 0.138. The van der Waals surface area contributed by atoms with Gasteiger partial charge in [-0.3, -0.25) is 5.32 Å². The highest BCUT2D eigenvalue weighted by atomic mass is 32.2. The molecule has 1 aliphatic heterocycles. The van der Waals surface area contributed by atoms with Crippen molar-refractivity contribution < 1.29 is 0 Å². The second-order valence-corrected chi connectivity index (χ2v) is 7.37. The summed E-state index contributed by atoms with van der Waals surface area (Å²) in [6.07, 6.45) is 0. The lowest BCUT2D eigenvalue weighted by molar-refractivity contribution is 0.532. The molecule has 1 saturated heterocycles. The van der Waals surface area contributed by atoms with Crippen LogP contribution in [-0.2, 0) is 0 Å². The molecule has 0 radical (unpaired) electrons. The Morgan fingerprint density at radius 2 is 2.00 bits per heavy atom. The summed E-state index contributed by atoms with van der Waals surface area (Å²) in [5.74, 6) is 1.06. The third-order valence-electron chi connectivity index (χ3n) is 3.61. The van der Waals surface area contributed by atoms with Crippen molar-refractivity contribution in [3.63, 3.8) is 0 Å². The van der Waals surface area contributed by atoms with Crippen LogP contribution >= 0.6 is 11.8 Å². The Labute approximate surface area is 124 Å². The van der Waals surface area contributed by atoms with E-state index in [0.717, 1.165) is 17.1 Å². The highest BCUT2D eigenvalue weighted by molar-refractivity contribution is 8.00. The standard InChI is InChI=1S/C17H20N2S/c1-12(16-11-20-17(2,3)19-16)18-15-9-8-13-6-4-5-7-14(13)10-15/h4-10,16,18-19H,1,11H2,2-3H3/t16-/m0/s1. The van der Waals surface area contributed by atoms with Crippen LogP contribution in [0, 0.1) is 0 Å². The molecule has 1 aliphatic rings. The van der Waals surface area contributed by atoms with Gasteiger partial charge in [-0.05, 0) is 36.8 Å². The highest BCUT2D eigenvalue weighted by Gasteiger charge is 2.31. The van der Waals surface area contributed by atoms with E-state index in [4.69, 9.17) is 0 Å². The molecule has 1 atom stereocenters. The normalized spacial score (nSPS) is 21.0. The number of rotatable bonds is 3. The van der Waals surface area contributed by atoms with Crippen LogP contribution in [0.15, 0.2) is 54.7 Å². The summed E-state index contributed by atoms with van der Waals surface area (Å²) < 4.78 is 0. The van der Waals surface area contributed by atoms with E-state index in [9.17, 15) is 0 Å². The summed E-state index contributed by atoms with van der Waals surface area (Å²) in [6, 6.07) is 15.2. The average Bonchev–Trinajstić information content (AvgIpc) is 2.79. The van der Waals surface area contributed by atoms with Gasteiger partial charge >= 0.3 is 0 Å². The summed E-state index contributed by atoms with van der Waals surface area (Å²) >= 11 is 1.94. The van der Waals surface area contributed by atoms with E-state index in [0.29, 0.717) is 6.04 Å². The summed E-state index contributed by atoms with van der Waals surface area (Å²) in [5, 5.41) is 9.54. The monoisotopic (exact) mass is 284 g/mol. The number of benzene rings is 2. The van der Waals surface area contributed by atoms with Crippen LogP contribution < -0.4 is 10.6 Å². The van der Waals surface area contributed by atoms with Crippen molar-refractivity contribution in [1.82, 2.24) is 5.32 Å². The summed E-state index contributed by atoms with van der Waals surface area (Å²) in [7, 11) is 0. The van der Waals surface area contributed by atoms with Crippen LogP contribution in [0.1, 0.15) is 13.8 Å². The zero-order valence-electron chi connectivity index (χ0n) is 11.9. The molecule has 0 aliphatic carbocycles. The van der Waals surface area contributed by atoms with Gasteiger partial charge in [-0.1, -0.05) is 36.9 Å². The van der Waals surface area contributed by atoms with Crippen molar-refractivity contribution in [3.05, 3.63) is 54.7 Å². The first-order valence-corrected chi connectivity index (χ1v) is 7.88. The SMILES string of the molecule is C=C(Nc1ccc2ccccc2c1)[C@@H]1CSC(C)(C)N1. The van der Waals surface area contributed by atoms with E-state index in [1.54, 1.807) is 0 Å². The lowest BCUT2D eigenvalue weighted by Crippen LogP contribution is -2.38. The van der Waals surface area contributed by atoms with Gasteiger partial charge in [-0.2, -0.15) is 0 Å². The Morgan fingerprint density at radius 3 is 2.70 bits per heavy atom. The molecule has 2 aromatic carbocycles. The van der Waals surface area contributed by atoms with Crippen molar-refractivity contribution in [2.45, 2.75) is 24.8 Å². The molecule has 2 N–H and O–H groups in total. The van der Waals surface area contributed by atoms with Crippen LogP contribution in [0.4, 0.5) is 5.69 Å². The molecule has 0 amide bonds. The second-order valence-electron chi connectivity index (χ2n) is 5.73. The van der Waals surface area contributed by atoms with Gasteiger partial charge in [0.2, 0.25) is 0 Å². The number of hydrogen-bond acceptors (Lipinski definition) is 3. The number of thioether (sulfide) groups is 1. The molecule has 0 unspecified atom stereocenters. The Hall–Kier alpha value is -1.45. The maximum atomic E-state index is 4.19. The Bertz CT molecular complexity index is 648. The zero-order chi connectivity index (χ0) is 14.2. The predicted molar refractivity (Wildman–Crippen MR) is 90.2 cm³/mol. The molecule has 0 bridgehead atoms. The molecule has 20 heavy (non-hydrogen) atoms. The van der Waals surface area contributed by atoms with Crippen LogP contribution in [-0.4, -0.2) is 16.7 Å². The van der Waals surface area contributed by atoms with Crippen molar-refractivity contribution >= 4 is 28.2 Å². The minimum absolute atomic E-state index is 0.138. The predicted octanol–water partition coefficient (Wildman–Crippen LogP) is 4.21. The summed E-state index contributed by atoms with van der Waals surface area (Å²) in [6.45, 7) is 8.61. The lowest BCUT2D eigenvalue weighted by atomic mass is 10.1. The zero-order valence-corrected chi connectivity index (χ0v) is 12.8. The van der Waals surface area contributed by atoms with Crippen LogP contribution in [0.2, 0.25) is 0 Å². The van der Waals surface area contributed by atoms with Crippen LogP contribution in [0.25, 0.3) is 10.8 Å². The fraction of sp³-hybridized carbons (Fsp3) is 0.294. The third-order valence-corrected chi connectivity index (χ3v) is 4.95. The summed E-state index contributed by atoms with van der Waals surface area (Å²) in [4.78, 5) is 0.138. The molecule has 104 valence electrons. The number of hydrogen-bond donors (Lipinski definition) is 2. The molecule has 1 fully saturated rings. The molecule has 2 aromatic rings. The minimum Gasteiger partial charge on any atom is -0.358 e. The molecule has 3 heteroatoms. The smallest absolute Gasteiger partial charge is 0.0594 e. The Balaban J connectivity index is 1.74. The van der Waals surface area contributed by atoms with E-state index < -0.39 is 0 Å². The number of nitrogens with one attached hydrogen (secondary N) is 2. The maximum Gasteiger partial charge on any atom is 0.0594 e. The van der Waals surface area contributed by atoms with Crippen molar-refractivity contribution in [3.8, 4) is 0 Å². The molecular formula is C17H20N2S. The molecule has 1 heterocycles. The highest BCUT2D eigenvalue weighted by Crippen LogP contribution is 2.31. The van der Waals surface area contributed by atoms with Crippen molar-refractivity contribution in [1.29, 1.82) is 0 Å². The molecule has 0 aromatic heterocycles. The molecule has 0 saturated carbocycles. The quantitative estimate of drug-likeness (QED) is 0.883. The van der Waals surface area contributed by atoms with Gasteiger partial charge in [0.05, 0.1) is 10.9 Å². The third kappa shape index (κ3) is 2.84. The van der Waals surface area contributed by atoms with Crippen molar-refractivity contribution in [2.75, 3.05) is 11.1 Å². The van der Waals surface area contributed by atoms with E-state index >= 15 is 0 Å². The molecule has 3 rings (SSSR count). The molecule has 0 spiro atoms. The Morgan fingerprint density at radius 1 is 1.25 bits per heavy atom. The fourth-order valence-corrected chi connectivity index (χ4v) is 3.62. The topological polar surface area (TPSA) is 24.1 Å². The molecular weight excluding hydrogens is 264 g/mol. The number of fused-ring (bicyclic) bond motifs is 1. The van der Waals surface area contributed by atoms with Gasteiger partial charge in [0.15, 0.2) is 0 Å². The first-order valence-electron chi connectivity index (χ1n) is 6.90. The van der Waals surface area contributed by atoms with Crippen LogP contribution in [0.3, 0.4) is 0 Å². The van der Waals surface area contributed by atoms with Gasteiger partial charge in [0.25, 0.3) is 0 Å². The van der Waals surface area contributed by atoms with Gasteiger partial charge in [0.1, 0.15) is 0 Å². The number of anilines is 1. The van der Waals surface area contributed by atoms with Gasteiger partial charge in [0, 0.05) is 17.1 Å². The first-order chi connectivity index (χ1) is 9.53. The van der Waals surface area contributed by atoms with E-state index in [-0.39, 0.29) is 4.87 Å². The van der Waals surface area contributed by atoms with Crippen molar-refractivity contribution in [2.24, 2.45) is 0 Å². The first kappa shape index (κ1) is 13.5. The van der Waals surface area contributed by atoms with Gasteiger partial charge in [-0.15, -0.1) is 11.8 Å². The van der Waals surface area contributed by atoms with E-state index in [1.807, 2.05) is 11.8 Å². The Kier molecular flexibility index (Phi) is 3.48.